The highest BCUT2D eigenvalue weighted by Crippen LogP contribution is 2.29. The van der Waals surface area contributed by atoms with Gasteiger partial charge < -0.3 is 21.3 Å². The van der Waals surface area contributed by atoms with Gasteiger partial charge in [-0.05, 0) is 104 Å². The van der Waals surface area contributed by atoms with E-state index in [2.05, 4.69) is 31.3 Å². The number of anilines is 1. The summed E-state index contributed by atoms with van der Waals surface area (Å²) >= 11 is 0. The maximum Gasteiger partial charge on any atom is 0.254 e. The average molecular weight is 659 g/mol. The number of tetrazole rings is 1. The molecule has 0 saturated heterocycles. The van der Waals surface area contributed by atoms with E-state index in [1.165, 1.54) is 0 Å². The summed E-state index contributed by atoms with van der Waals surface area (Å²) in [5.74, 6) is 0.337. The van der Waals surface area contributed by atoms with Crippen LogP contribution in [0.2, 0.25) is 0 Å². The Balaban J connectivity index is 0.00000500. The first-order chi connectivity index (χ1) is 22.4. The van der Waals surface area contributed by atoms with Gasteiger partial charge in [-0.25, -0.2) is 0 Å². The summed E-state index contributed by atoms with van der Waals surface area (Å²) < 4.78 is 0. The summed E-state index contributed by atoms with van der Waals surface area (Å²) in [5, 5.41) is 20.0. The van der Waals surface area contributed by atoms with Crippen LogP contribution in [0.4, 0.5) is 5.69 Å². The predicted octanol–water partition coefficient (Wildman–Crippen LogP) is 4.87. The molecule has 47 heavy (non-hydrogen) atoms. The summed E-state index contributed by atoms with van der Waals surface area (Å²) in [5.41, 5.74) is 10.5. The van der Waals surface area contributed by atoms with Gasteiger partial charge in [0.25, 0.3) is 5.91 Å². The van der Waals surface area contributed by atoms with Gasteiger partial charge in [-0.15, -0.1) is 22.6 Å². The fraction of sp³-hybridized carbons (Fsp3) is 0.371. The van der Waals surface area contributed by atoms with Crippen molar-refractivity contribution >= 4 is 35.8 Å². The summed E-state index contributed by atoms with van der Waals surface area (Å²) in [7, 11) is 0. The van der Waals surface area contributed by atoms with Gasteiger partial charge >= 0.3 is 0 Å². The number of aromatic nitrogens is 4. The van der Waals surface area contributed by atoms with Crippen LogP contribution in [0.25, 0.3) is 22.5 Å². The molecule has 5 rings (SSSR count). The number of carbonyl (C=O) groups excluding carboxylic acids is 3. The highest BCUT2D eigenvalue weighted by atomic mass is 35.5. The van der Waals surface area contributed by atoms with Crippen molar-refractivity contribution in [1.82, 2.24) is 30.8 Å². The molecule has 1 saturated carbocycles. The molecule has 3 amide bonds. The van der Waals surface area contributed by atoms with Gasteiger partial charge in [-0.3, -0.25) is 14.4 Å². The summed E-state index contributed by atoms with van der Waals surface area (Å²) in [6.45, 7) is 5.85. The SMILES string of the molecule is CCN(CC)C(=O)c1ccccc1-c1ccc(C[C@H](NC(=O)C2CCC(CN)CC2)C(=O)Nc2ccc(-c3nn[nH]n3)cc2)cc1.Cl. The molecule has 1 aliphatic carbocycles. The molecular formula is C35H43ClN8O3. The lowest BCUT2D eigenvalue weighted by molar-refractivity contribution is -0.130. The zero-order valence-electron chi connectivity index (χ0n) is 26.8. The van der Waals surface area contributed by atoms with Crippen LogP contribution in [0, 0.1) is 11.8 Å². The normalized spacial score (nSPS) is 16.4. The lowest BCUT2D eigenvalue weighted by Crippen LogP contribution is -2.48. The van der Waals surface area contributed by atoms with Crippen LogP contribution in [0.15, 0.2) is 72.8 Å². The molecule has 1 aliphatic rings. The molecule has 0 aliphatic heterocycles. The number of hydrogen-bond donors (Lipinski definition) is 4. The Morgan fingerprint density at radius 1 is 0.915 bits per heavy atom. The van der Waals surface area contributed by atoms with E-state index in [-0.39, 0.29) is 36.0 Å². The maximum absolute atomic E-state index is 13.7. The molecule has 1 atom stereocenters. The Morgan fingerprint density at radius 2 is 1.57 bits per heavy atom. The third-order valence-corrected chi connectivity index (χ3v) is 8.85. The number of H-pyrrole nitrogens is 1. The average Bonchev–Trinajstić information content (AvgIpc) is 3.64. The Kier molecular flexibility index (Phi) is 12.6. The van der Waals surface area contributed by atoms with Crippen LogP contribution in [0.3, 0.4) is 0 Å². The minimum Gasteiger partial charge on any atom is -0.344 e. The van der Waals surface area contributed by atoms with Crippen molar-refractivity contribution in [3.63, 3.8) is 0 Å². The number of hydrogen-bond acceptors (Lipinski definition) is 7. The number of rotatable bonds is 12. The van der Waals surface area contributed by atoms with E-state index in [0.717, 1.165) is 47.9 Å². The van der Waals surface area contributed by atoms with E-state index in [9.17, 15) is 14.4 Å². The topological polar surface area (TPSA) is 159 Å². The minimum absolute atomic E-state index is 0. The fourth-order valence-electron chi connectivity index (χ4n) is 6.03. The van der Waals surface area contributed by atoms with Crippen molar-refractivity contribution in [3.8, 4) is 22.5 Å². The van der Waals surface area contributed by atoms with Crippen LogP contribution in [-0.2, 0) is 16.0 Å². The lowest BCUT2D eigenvalue weighted by Gasteiger charge is -2.28. The van der Waals surface area contributed by atoms with Gasteiger partial charge in [0.2, 0.25) is 17.6 Å². The molecule has 12 heteroatoms. The number of nitrogens with one attached hydrogen (secondary N) is 3. The van der Waals surface area contributed by atoms with Gasteiger partial charge in [0.05, 0.1) is 0 Å². The molecule has 0 bridgehead atoms. The third-order valence-electron chi connectivity index (χ3n) is 8.85. The predicted molar refractivity (Wildman–Crippen MR) is 185 cm³/mol. The van der Waals surface area contributed by atoms with Gasteiger partial charge in [-0.2, -0.15) is 5.21 Å². The van der Waals surface area contributed by atoms with Gasteiger partial charge in [0.1, 0.15) is 6.04 Å². The highest BCUT2D eigenvalue weighted by Gasteiger charge is 2.29. The first-order valence-electron chi connectivity index (χ1n) is 16.0. The summed E-state index contributed by atoms with van der Waals surface area (Å²) in [6.07, 6.45) is 3.66. The molecule has 11 nitrogen and oxygen atoms in total. The summed E-state index contributed by atoms with van der Waals surface area (Å²) in [6, 6.07) is 21.8. The molecule has 0 unspecified atom stereocenters. The molecule has 248 valence electrons. The van der Waals surface area contributed by atoms with Crippen LogP contribution >= 0.6 is 12.4 Å². The van der Waals surface area contributed by atoms with Gasteiger partial charge in [0.15, 0.2) is 0 Å². The zero-order valence-corrected chi connectivity index (χ0v) is 27.6. The Labute approximate surface area is 281 Å². The number of aromatic amines is 1. The molecule has 1 heterocycles. The second-order valence-corrected chi connectivity index (χ2v) is 11.7. The van der Waals surface area contributed by atoms with Crippen molar-refractivity contribution in [2.24, 2.45) is 17.6 Å². The van der Waals surface area contributed by atoms with E-state index in [4.69, 9.17) is 5.73 Å². The molecule has 3 aromatic carbocycles. The van der Waals surface area contributed by atoms with E-state index < -0.39 is 6.04 Å². The van der Waals surface area contributed by atoms with Gasteiger partial charge in [-0.1, -0.05) is 42.5 Å². The largest absolute Gasteiger partial charge is 0.344 e. The molecule has 0 radical (unpaired) electrons. The number of benzene rings is 3. The standard InChI is InChI=1S/C35H42N8O3.ClH/c1-3-43(4-2)35(46)30-8-6-5-7-29(30)25-13-9-23(10-14-25)21-31(38-33(44)27-15-11-24(22-36)12-16-27)34(45)37-28-19-17-26(18-20-28)32-39-41-42-40-32;/h5-10,13-14,17-20,24,27,31H,3-4,11-12,15-16,21-22,36H2,1-2H3,(H,37,45)(H,38,44)(H,39,40,41,42);1H/t24?,27?,31-;/m0./s1. The first kappa shape index (κ1) is 35.2. The van der Waals surface area contributed by atoms with Crippen LogP contribution in [-0.4, -0.2) is 68.9 Å². The van der Waals surface area contributed by atoms with E-state index in [1.54, 1.807) is 29.2 Å². The number of nitrogens with zero attached hydrogens (tertiary/aromatic N) is 4. The smallest absolute Gasteiger partial charge is 0.254 e. The Bertz CT molecular complexity index is 1600. The van der Waals surface area contributed by atoms with Gasteiger partial charge in [0, 0.05) is 42.2 Å². The highest BCUT2D eigenvalue weighted by molar-refractivity contribution is 6.01. The second kappa shape index (κ2) is 16.8. The van der Waals surface area contributed by atoms with Crippen LogP contribution in [0.5, 0.6) is 0 Å². The van der Waals surface area contributed by atoms with Crippen LogP contribution in [0.1, 0.15) is 55.5 Å². The lowest BCUT2D eigenvalue weighted by atomic mass is 9.81. The Hall–Kier alpha value is -4.61. The quantitative estimate of drug-likeness (QED) is 0.169. The Morgan fingerprint density at radius 3 is 2.19 bits per heavy atom. The fourth-order valence-corrected chi connectivity index (χ4v) is 6.03. The zero-order chi connectivity index (χ0) is 32.5. The number of nitrogens with two attached hydrogens (primary N) is 1. The molecule has 5 N–H and O–H groups in total. The third kappa shape index (κ3) is 8.81. The monoisotopic (exact) mass is 658 g/mol. The van der Waals surface area contributed by atoms with E-state index in [0.29, 0.717) is 49.0 Å². The van der Waals surface area contributed by atoms with Crippen molar-refractivity contribution in [2.45, 2.75) is 52.0 Å². The van der Waals surface area contributed by atoms with Crippen molar-refractivity contribution < 1.29 is 14.4 Å². The number of amides is 3. The molecule has 4 aromatic rings. The number of halogens is 1. The molecule has 1 aromatic heterocycles. The number of carbonyl (C=O) groups is 3. The van der Waals surface area contributed by atoms with Crippen molar-refractivity contribution in [1.29, 1.82) is 0 Å². The van der Waals surface area contributed by atoms with Crippen molar-refractivity contribution in [3.05, 3.63) is 83.9 Å². The van der Waals surface area contributed by atoms with Crippen molar-refractivity contribution in [2.75, 3.05) is 25.0 Å². The minimum atomic E-state index is -0.793. The molecule has 1 fully saturated rings. The molecule has 0 spiro atoms. The van der Waals surface area contributed by atoms with Crippen LogP contribution < -0.4 is 16.4 Å². The first-order valence-corrected chi connectivity index (χ1v) is 16.0. The molecular weight excluding hydrogens is 616 g/mol. The summed E-state index contributed by atoms with van der Waals surface area (Å²) in [4.78, 5) is 42.1. The van der Waals surface area contributed by atoms with E-state index >= 15 is 0 Å². The maximum atomic E-state index is 13.7. The van der Waals surface area contributed by atoms with E-state index in [1.807, 2.05) is 62.4 Å². The second-order valence-electron chi connectivity index (χ2n) is 11.7.